The lowest BCUT2D eigenvalue weighted by Gasteiger charge is -2.10. The maximum atomic E-state index is 11.9. The minimum atomic E-state index is -0.266. The molecule has 0 radical (unpaired) electrons. The van der Waals surface area contributed by atoms with Gasteiger partial charge in [-0.1, -0.05) is 110 Å². The van der Waals surface area contributed by atoms with E-state index in [1.165, 1.54) is 89.9 Å². The van der Waals surface area contributed by atoms with Gasteiger partial charge in [-0.2, -0.15) is 0 Å². The summed E-state index contributed by atoms with van der Waals surface area (Å²) in [7, 11) is 0. The molecular weight excluding hydrogens is 320 g/mol. The molecule has 0 saturated carbocycles. The van der Waals surface area contributed by atoms with Crippen LogP contribution in [0.5, 0.6) is 0 Å². The minimum Gasteiger partial charge on any atom is -0.393 e. The summed E-state index contributed by atoms with van der Waals surface area (Å²) in [5.74, 6) is 0.352. The zero-order chi connectivity index (χ0) is 19.3. The molecule has 0 amide bonds. The van der Waals surface area contributed by atoms with Crippen molar-refractivity contribution in [3.8, 4) is 0 Å². The molecule has 0 aromatic heterocycles. The zero-order valence-electron chi connectivity index (χ0n) is 18.1. The average molecular weight is 369 g/mol. The first-order valence-electron chi connectivity index (χ1n) is 11.9. The van der Waals surface area contributed by atoms with Crippen LogP contribution in [0.15, 0.2) is 0 Å². The third kappa shape index (κ3) is 19.9. The van der Waals surface area contributed by atoms with Crippen LogP contribution in [0.3, 0.4) is 0 Å². The van der Waals surface area contributed by atoms with Gasteiger partial charge in [0.2, 0.25) is 0 Å². The standard InChI is InChI=1S/C24H48O2/c1-3-5-7-9-11-12-14-16-18-20-24(26)22-21-23(25)19-17-15-13-10-8-6-4-2/h24,26H,3-22H2,1-2H3. The Balaban J connectivity index is 3.31. The average Bonchev–Trinajstić information content (AvgIpc) is 2.64. The van der Waals surface area contributed by atoms with E-state index in [0.29, 0.717) is 18.6 Å². The van der Waals surface area contributed by atoms with Gasteiger partial charge >= 0.3 is 0 Å². The van der Waals surface area contributed by atoms with Gasteiger partial charge in [0.05, 0.1) is 6.10 Å². The molecule has 1 unspecified atom stereocenters. The summed E-state index contributed by atoms with van der Waals surface area (Å²) < 4.78 is 0. The van der Waals surface area contributed by atoms with Gasteiger partial charge in [0.15, 0.2) is 0 Å². The van der Waals surface area contributed by atoms with Gasteiger partial charge in [-0.3, -0.25) is 4.79 Å². The van der Waals surface area contributed by atoms with E-state index in [1.807, 2.05) is 0 Å². The van der Waals surface area contributed by atoms with Crippen molar-refractivity contribution in [2.24, 2.45) is 0 Å². The second-order valence-electron chi connectivity index (χ2n) is 8.22. The SMILES string of the molecule is CCCCCCCCCCCC(O)CCC(=O)CCCCCCCCC. The molecule has 0 rings (SSSR count). The Morgan fingerprint density at radius 2 is 1.00 bits per heavy atom. The van der Waals surface area contributed by atoms with Crippen LogP contribution in [-0.2, 0) is 4.79 Å². The molecular formula is C24H48O2. The van der Waals surface area contributed by atoms with Gasteiger partial charge in [0.25, 0.3) is 0 Å². The van der Waals surface area contributed by atoms with Crippen LogP contribution in [0.1, 0.15) is 142 Å². The predicted molar refractivity (Wildman–Crippen MR) is 115 cm³/mol. The van der Waals surface area contributed by atoms with Crippen LogP contribution in [-0.4, -0.2) is 17.0 Å². The Morgan fingerprint density at radius 3 is 1.50 bits per heavy atom. The third-order valence-corrected chi connectivity index (χ3v) is 5.46. The number of ketones is 1. The highest BCUT2D eigenvalue weighted by molar-refractivity contribution is 5.78. The van der Waals surface area contributed by atoms with Gasteiger partial charge in [-0.15, -0.1) is 0 Å². The lowest BCUT2D eigenvalue weighted by molar-refractivity contribution is -0.119. The zero-order valence-corrected chi connectivity index (χ0v) is 18.1. The first kappa shape index (κ1) is 25.6. The number of hydrogen-bond acceptors (Lipinski definition) is 2. The molecule has 0 fully saturated rings. The molecule has 0 heterocycles. The van der Waals surface area contributed by atoms with E-state index in [4.69, 9.17) is 0 Å². The monoisotopic (exact) mass is 368 g/mol. The van der Waals surface area contributed by atoms with E-state index in [0.717, 1.165) is 25.7 Å². The largest absolute Gasteiger partial charge is 0.393 e. The Kier molecular flexibility index (Phi) is 20.6. The van der Waals surface area contributed by atoms with Gasteiger partial charge in [-0.25, -0.2) is 0 Å². The van der Waals surface area contributed by atoms with E-state index in [1.54, 1.807) is 0 Å². The number of hydrogen-bond donors (Lipinski definition) is 1. The van der Waals surface area contributed by atoms with Gasteiger partial charge in [0.1, 0.15) is 5.78 Å². The maximum absolute atomic E-state index is 11.9. The smallest absolute Gasteiger partial charge is 0.133 e. The van der Waals surface area contributed by atoms with E-state index in [2.05, 4.69) is 13.8 Å². The highest BCUT2D eigenvalue weighted by Gasteiger charge is 2.08. The molecule has 1 atom stereocenters. The fraction of sp³-hybridized carbons (Fsp3) is 0.958. The van der Waals surface area contributed by atoms with E-state index >= 15 is 0 Å². The molecule has 156 valence electrons. The number of carbonyl (C=O) groups is 1. The molecule has 0 saturated heterocycles. The normalized spacial score (nSPS) is 12.4. The third-order valence-electron chi connectivity index (χ3n) is 5.46. The summed E-state index contributed by atoms with van der Waals surface area (Å²) in [6.07, 6.45) is 23.2. The Labute approximate surface area is 164 Å². The molecule has 0 aliphatic carbocycles. The Morgan fingerprint density at radius 1 is 0.577 bits per heavy atom. The van der Waals surface area contributed by atoms with Crippen molar-refractivity contribution in [2.75, 3.05) is 0 Å². The minimum absolute atomic E-state index is 0.266. The summed E-state index contributed by atoms with van der Waals surface area (Å²) in [5, 5.41) is 10.0. The number of aliphatic hydroxyl groups excluding tert-OH is 1. The quantitative estimate of drug-likeness (QED) is 0.210. The maximum Gasteiger partial charge on any atom is 0.133 e. The van der Waals surface area contributed by atoms with Gasteiger partial charge in [-0.05, 0) is 19.3 Å². The summed E-state index contributed by atoms with van der Waals surface area (Å²) in [6, 6.07) is 0. The van der Waals surface area contributed by atoms with Crippen molar-refractivity contribution in [2.45, 2.75) is 148 Å². The van der Waals surface area contributed by atoms with E-state index in [-0.39, 0.29) is 6.10 Å². The molecule has 0 aromatic rings. The van der Waals surface area contributed by atoms with Crippen LogP contribution in [0, 0.1) is 0 Å². The molecule has 0 aliphatic rings. The van der Waals surface area contributed by atoms with Crippen molar-refractivity contribution in [3.63, 3.8) is 0 Å². The second-order valence-corrected chi connectivity index (χ2v) is 8.22. The van der Waals surface area contributed by atoms with Crippen molar-refractivity contribution >= 4 is 5.78 Å². The van der Waals surface area contributed by atoms with Crippen LogP contribution in [0.4, 0.5) is 0 Å². The number of unbranched alkanes of at least 4 members (excludes halogenated alkanes) is 14. The summed E-state index contributed by atoms with van der Waals surface area (Å²) >= 11 is 0. The molecule has 2 nitrogen and oxygen atoms in total. The highest BCUT2D eigenvalue weighted by Crippen LogP contribution is 2.14. The molecule has 0 aliphatic heterocycles. The Bertz CT molecular complexity index is 288. The summed E-state index contributed by atoms with van der Waals surface area (Å²) in [6.45, 7) is 4.50. The predicted octanol–water partition coefficient (Wildman–Crippen LogP) is 7.76. The molecule has 0 bridgehead atoms. The van der Waals surface area contributed by atoms with Crippen LogP contribution in [0.25, 0.3) is 0 Å². The lowest BCUT2D eigenvalue weighted by Crippen LogP contribution is -2.09. The lowest BCUT2D eigenvalue weighted by atomic mass is 10.0. The van der Waals surface area contributed by atoms with E-state index < -0.39 is 0 Å². The van der Waals surface area contributed by atoms with Crippen LogP contribution < -0.4 is 0 Å². The molecule has 1 N–H and O–H groups in total. The van der Waals surface area contributed by atoms with Crippen LogP contribution in [0.2, 0.25) is 0 Å². The van der Waals surface area contributed by atoms with Crippen molar-refractivity contribution < 1.29 is 9.90 Å². The summed E-state index contributed by atoms with van der Waals surface area (Å²) in [4.78, 5) is 11.9. The number of carbonyl (C=O) groups excluding carboxylic acids is 1. The fourth-order valence-electron chi connectivity index (χ4n) is 3.57. The fourth-order valence-corrected chi connectivity index (χ4v) is 3.57. The van der Waals surface area contributed by atoms with Gasteiger partial charge < -0.3 is 5.11 Å². The molecule has 0 aromatic carbocycles. The number of rotatable bonds is 21. The van der Waals surface area contributed by atoms with Crippen LogP contribution >= 0.6 is 0 Å². The number of aliphatic hydroxyl groups is 1. The molecule has 26 heavy (non-hydrogen) atoms. The summed E-state index contributed by atoms with van der Waals surface area (Å²) in [5.41, 5.74) is 0. The first-order valence-corrected chi connectivity index (χ1v) is 11.9. The molecule has 2 heteroatoms. The first-order chi connectivity index (χ1) is 12.7. The van der Waals surface area contributed by atoms with E-state index in [9.17, 15) is 9.90 Å². The molecule has 0 spiro atoms. The van der Waals surface area contributed by atoms with Gasteiger partial charge in [0, 0.05) is 12.8 Å². The van der Waals surface area contributed by atoms with Crippen molar-refractivity contribution in [1.82, 2.24) is 0 Å². The topological polar surface area (TPSA) is 37.3 Å². The second kappa shape index (κ2) is 20.9. The van der Waals surface area contributed by atoms with Crippen molar-refractivity contribution in [1.29, 1.82) is 0 Å². The Hall–Kier alpha value is -0.370. The highest BCUT2D eigenvalue weighted by atomic mass is 16.3. The van der Waals surface area contributed by atoms with Crippen molar-refractivity contribution in [3.05, 3.63) is 0 Å². The number of Topliss-reactive ketones (excluding diaryl/α,β-unsaturated/α-hetero) is 1.